The first kappa shape index (κ1) is 29.4. The zero-order valence-electron chi connectivity index (χ0n) is 25.2. The molecular formula is C33H42ClN2O5PS. The van der Waals surface area contributed by atoms with E-state index >= 15 is 0 Å². The number of rotatable bonds is 4. The number of aliphatic hydroxyl groups excluding tert-OH is 1. The van der Waals surface area contributed by atoms with Crippen molar-refractivity contribution in [2.75, 3.05) is 32.1 Å². The van der Waals surface area contributed by atoms with Crippen LogP contribution in [0, 0.1) is 28.6 Å². The van der Waals surface area contributed by atoms with Gasteiger partial charge in [0.25, 0.3) is 0 Å². The number of halogens is 1. The molecule has 2 saturated heterocycles. The largest absolute Gasteiger partial charge is 0.391 e. The molecule has 6 aliphatic rings. The minimum Gasteiger partial charge on any atom is -0.391 e. The highest BCUT2D eigenvalue weighted by atomic mass is 35.5. The van der Waals surface area contributed by atoms with Crippen molar-refractivity contribution in [3.05, 3.63) is 47.3 Å². The van der Waals surface area contributed by atoms with Crippen molar-refractivity contribution >= 4 is 38.7 Å². The highest BCUT2D eigenvalue weighted by Crippen LogP contribution is 2.75. The number of hydrogen-bond acceptors (Lipinski definition) is 7. The Kier molecular flexibility index (Phi) is 6.86. The summed E-state index contributed by atoms with van der Waals surface area (Å²) in [5, 5.41) is 17.2. The molecule has 8 rings (SSSR count). The number of thioether (sulfide) groups is 1. The molecule has 2 unspecified atom stereocenters. The zero-order valence-corrected chi connectivity index (χ0v) is 27.9. The highest BCUT2D eigenvalue weighted by molar-refractivity contribution is 7.99. The van der Waals surface area contributed by atoms with E-state index in [1.54, 1.807) is 0 Å². The van der Waals surface area contributed by atoms with Gasteiger partial charge in [0, 0.05) is 21.5 Å². The summed E-state index contributed by atoms with van der Waals surface area (Å²) in [5.74, 6) is 0.702. The van der Waals surface area contributed by atoms with Gasteiger partial charge in [-0.25, -0.2) is 4.68 Å². The number of nitrogens with zero attached hydrogens (tertiary/aromatic N) is 2. The van der Waals surface area contributed by atoms with Gasteiger partial charge in [-0.2, -0.15) is 5.10 Å². The predicted molar refractivity (Wildman–Crippen MR) is 170 cm³/mol. The van der Waals surface area contributed by atoms with E-state index in [1.807, 2.05) is 18.0 Å². The normalized spacial score (nSPS) is 44.7. The van der Waals surface area contributed by atoms with Gasteiger partial charge in [0.2, 0.25) is 5.79 Å². The average Bonchev–Trinajstić information content (AvgIpc) is 3.77. The van der Waals surface area contributed by atoms with Crippen LogP contribution in [0.2, 0.25) is 0 Å². The first-order valence-corrected chi connectivity index (χ1v) is 17.9. The predicted octanol–water partition coefficient (Wildman–Crippen LogP) is 6.04. The number of alkyl halides is 1. The number of benzene rings is 1. The molecule has 10 heteroatoms. The van der Waals surface area contributed by atoms with Crippen molar-refractivity contribution in [2.45, 2.75) is 80.1 Å². The van der Waals surface area contributed by atoms with Crippen LogP contribution >= 0.6 is 32.6 Å². The number of aromatic nitrogens is 2. The molecule has 3 saturated carbocycles. The van der Waals surface area contributed by atoms with Gasteiger partial charge in [-0.15, -0.1) is 32.6 Å². The topological polar surface area (TPSA) is 75.0 Å². The fourth-order valence-electron chi connectivity index (χ4n) is 10.6. The summed E-state index contributed by atoms with van der Waals surface area (Å²) < 4.78 is 26.9. The molecule has 2 aliphatic heterocycles. The lowest BCUT2D eigenvalue weighted by atomic mass is 9.44. The Bertz CT molecular complexity index is 1460. The Morgan fingerprint density at radius 2 is 1.93 bits per heavy atom. The van der Waals surface area contributed by atoms with Crippen LogP contribution in [0.3, 0.4) is 0 Å². The number of aliphatic hydroxyl groups is 1. The van der Waals surface area contributed by atoms with Crippen molar-refractivity contribution in [2.24, 2.45) is 28.6 Å². The van der Waals surface area contributed by atoms with E-state index in [1.165, 1.54) is 16.0 Å². The van der Waals surface area contributed by atoms with Gasteiger partial charge in [0.1, 0.15) is 12.2 Å². The molecule has 1 aromatic heterocycles. The van der Waals surface area contributed by atoms with Crippen LogP contribution in [0.4, 0.5) is 0 Å². The molecule has 3 heterocycles. The Balaban J connectivity index is 1.15. The lowest BCUT2D eigenvalue weighted by Crippen LogP contribution is -2.71. The van der Waals surface area contributed by atoms with Crippen molar-refractivity contribution < 1.29 is 24.1 Å². The van der Waals surface area contributed by atoms with Crippen molar-refractivity contribution in [1.82, 2.24) is 9.78 Å². The molecule has 2 spiro atoms. The second-order valence-corrected chi connectivity index (χ2v) is 16.4. The Morgan fingerprint density at radius 1 is 1.14 bits per heavy atom. The van der Waals surface area contributed by atoms with E-state index in [9.17, 15) is 5.11 Å². The van der Waals surface area contributed by atoms with E-state index in [-0.39, 0.29) is 36.8 Å². The SMILES string of the molecule is C[C@@H]1C[C@H]2[C@@H]3CCC4=Cc5c(cnn5-c5ccc(SCCP)cc5)C[C@]4(C)[C@@]3(Cl)[C@@H](O)C[C@]2(C)[C@]12OCOC21COCO1. The monoisotopic (exact) mass is 644 g/mol. The average molecular weight is 645 g/mol. The third-order valence-corrected chi connectivity index (χ3v) is 15.1. The van der Waals surface area contributed by atoms with Crippen LogP contribution in [0.1, 0.15) is 57.7 Å². The number of fused-ring (bicyclic) bond motifs is 8. The molecule has 10 atom stereocenters. The summed E-state index contributed by atoms with van der Waals surface area (Å²) in [4.78, 5) is 0.469. The maximum atomic E-state index is 12.3. The molecule has 7 nitrogen and oxygen atoms in total. The van der Waals surface area contributed by atoms with Crippen molar-refractivity contribution in [3.8, 4) is 5.69 Å². The number of ether oxygens (including phenoxy) is 4. The van der Waals surface area contributed by atoms with Crippen LogP contribution in [0.15, 0.2) is 40.9 Å². The van der Waals surface area contributed by atoms with Gasteiger partial charge in [0.15, 0.2) is 13.6 Å². The van der Waals surface area contributed by atoms with E-state index in [2.05, 4.69) is 65.0 Å². The third kappa shape index (κ3) is 3.64. The molecular weight excluding hydrogens is 603 g/mol. The molecule has 0 radical (unpaired) electrons. The standard InChI is InChI=1S/C33H42ClN2O5PS/c1-20-12-26-25-9-4-22-13-27-21(16-35-36(27)23-5-7-24(8-6-23)43-11-10-42)14-29(22,2)32(25,34)28(37)15-30(26,3)33(20)31(40-19-41-33)17-38-18-39-31/h5-8,13,16,20,25-26,28,37H,4,9-12,14-15,17-19,42H2,1-3H3/t20-,25+,26+,28+,29+,30+,31?,32+,33-/m1/s1. The van der Waals surface area contributed by atoms with Gasteiger partial charge in [-0.05, 0) is 91.9 Å². The molecule has 1 aromatic carbocycles. The van der Waals surface area contributed by atoms with Gasteiger partial charge in [-0.1, -0.05) is 26.3 Å². The molecule has 4 aliphatic carbocycles. The van der Waals surface area contributed by atoms with Crippen molar-refractivity contribution in [3.63, 3.8) is 0 Å². The number of allylic oxidation sites excluding steroid dienone is 1. The van der Waals surface area contributed by atoms with Crippen molar-refractivity contribution in [1.29, 1.82) is 0 Å². The minimum absolute atomic E-state index is 0.124. The molecule has 43 heavy (non-hydrogen) atoms. The maximum Gasteiger partial charge on any atom is 0.227 e. The Labute approximate surface area is 265 Å². The maximum absolute atomic E-state index is 12.3. The fourth-order valence-corrected chi connectivity index (χ4v) is 12.2. The fraction of sp³-hybridized carbons (Fsp3) is 0.667. The van der Waals surface area contributed by atoms with Crippen LogP contribution in [0.5, 0.6) is 0 Å². The van der Waals surface area contributed by atoms with Gasteiger partial charge >= 0.3 is 0 Å². The first-order valence-electron chi connectivity index (χ1n) is 15.7. The molecule has 0 bridgehead atoms. The summed E-state index contributed by atoms with van der Waals surface area (Å²) in [7, 11) is 2.79. The lowest BCUT2D eigenvalue weighted by Gasteiger charge is -2.65. The number of hydrogen-bond donors (Lipinski definition) is 1. The second kappa shape index (κ2) is 10.0. The molecule has 232 valence electrons. The van der Waals surface area contributed by atoms with E-state index in [0.29, 0.717) is 13.0 Å². The van der Waals surface area contributed by atoms with E-state index in [4.69, 9.17) is 35.6 Å². The molecule has 2 aromatic rings. The quantitative estimate of drug-likeness (QED) is 0.247. The van der Waals surface area contributed by atoms with E-state index < -0.39 is 27.8 Å². The Morgan fingerprint density at radius 3 is 2.67 bits per heavy atom. The van der Waals surface area contributed by atoms with Crippen LogP contribution in [0.25, 0.3) is 11.8 Å². The minimum atomic E-state index is -0.939. The van der Waals surface area contributed by atoms with Crippen LogP contribution in [-0.2, 0) is 25.4 Å². The Hall–Kier alpha value is -0.960. The van der Waals surface area contributed by atoms with Crippen LogP contribution in [-0.4, -0.2) is 69.4 Å². The molecule has 0 amide bonds. The van der Waals surface area contributed by atoms with E-state index in [0.717, 1.165) is 49.0 Å². The van der Waals surface area contributed by atoms with Crippen LogP contribution < -0.4 is 0 Å². The zero-order chi connectivity index (χ0) is 29.8. The second-order valence-electron chi connectivity index (χ2n) is 14.1. The summed E-state index contributed by atoms with van der Waals surface area (Å²) in [5.41, 5.74) is 3.26. The summed E-state index contributed by atoms with van der Waals surface area (Å²) in [6.07, 6.45) is 8.83. The summed E-state index contributed by atoms with van der Waals surface area (Å²) in [6.45, 7) is 7.58. The first-order chi connectivity index (χ1) is 20.6. The summed E-state index contributed by atoms with van der Waals surface area (Å²) in [6, 6.07) is 8.69. The smallest absolute Gasteiger partial charge is 0.227 e. The third-order valence-electron chi connectivity index (χ3n) is 12.4. The van der Waals surface area contributed by atoms with Gasteiger partial charge in [-0.3, -0.25) is 0 Å². The highest BCUT2D eigenvalue weighted by Gasteiger charge is 2.81. The lowest BCUT2D eigenvalue weighted by molar-refractivity contribution is -0.264. The van der Waals surface area contributed by atoms with Gasteiger partial charge < -0.3 is 24.1 Å². The molecule has 5 fully saturated rings. The summed E-state index contributed by atoms with van der Waals surface area (Å²) >= 11 is 9.83. The molecule has 1 N–H and O–H groups in total. The van der Waals surface area contributed by atoms with Gasteiger partial charge in [0.05, 0.1) is 28.6 Å².